The molecular formula is C27H25F3N4O. The van der Waals surface area contributed by atoms with Gasteiger partial charge in [-0.25, -0.2) is 9.37 Å². The van der Waals surface area contributed by atoms with Gasteiger partial charge in [-0.3, -0.25) is 9.97 Å². The highest BCUT2D eigenvalue weighted by molar-refractivity contribution is 5.50. The zero-order chi connectivity index (χ0) is 24.9. The molecule has 4 aromatic rings. The Morgan fingerprint density at radius 3 is 2.40 bits per heavy atom. The molecule has 0 saturated heterocycles. The average molecular weight is 479 g/mol. The number of aromatic nitrogens is 3. The Morgan fingerprint density at radius 1 is 0.943 bits per heavy atom. The molecule has 0 spiro atoms. The first kappa shape index (κ1) is 24.2. The molecule has 5 nitrogen and oxygen atoms in total. The predicted molar refractivity (Wildman–Crippen MR) is 128 cm³/mol. The molecule has 2 aromatic heterocycles. The van der Waals surface area contributed by atoms with Crippen LogP contribution in [0, 0.1) is 6.92 Å². The van der Waals surface area contributed by atoms with Crippen LogP contribution >= 0.6 is 0 Å². The maximum absolute atomic E-state index is 14.1. The predicted octanol–water partition coefficient (Wildman–Crippen LogP) is 6.11. The lowest BCUT2D eigenvalue weighted by molar-refractivity contribution is -0.215. The molecule has 2 heterocycles. The Hall–Kier alpha value is -3.94. The quantitative estimate of drug-likeness (QED) is 0.315. The summed E-state index contributed by atoms with van der Waals surface area (Å²) < 4.78 is 46.4. The van der Waals surface area contributed by atoms with E-state index in [0.717, 1.165) is 18.1 Å². The van der Waals surface area contributed by atoms with E-state index in [2.05, 4.69) is 15.3 Å². The highest BCUT2D eigenvalue weighted by atomic mass is 19.3. The van der Waals surface area contributed by atoms with E-state index in [1.54, 1.807) is 36.9 Å². The number of anilines is 1. The molecule has 180 valence electrons. The lowest BCUT2D eigenvalue weighted by Crippen LogP contribution is -2.40. The van der Waals surface area contributed by atoms with Crippen molar-refractivity contribution >= 4 is 5.82 Å². The van der Waals surface area contributed by atoms with E-state index in [4.69, 9.17) is 9.72 Å². The van der Waals surface area contributed by atoms with Gasteiger partial charge in [0.1, 0.15) is 17.1 Å². The zero-order valence-electron chi connectivity index (χ0n) is 19.3. The second kappa shape index (κ2) is 10.1. The molecule has 4 rings (SSSR count). The molecule has 0 fully saturated rings. The van der Waals surface area contributed by atoms with Crippen molar-refractivity contribution in [1.29, 1.82) is 0 Å². The van der Waals surface area contributed by atoms with E-state index >= 15 is 0 Å². The summed E-state index contributed by atoms with van der Waals surface area (Å²) in [6.45, 7) is 2.69. The molecule has 0 aliphatic rings. The van der Waals surface area contributed by atoms with Crippen LogP contribution in [-0.4, -0.2) is 27.2 Å². The smallest absolute Gasteiger partial charge is 0.429 e. The number of nitrogens with one attached hydrogen (secondary N) is 1. The lowest BCUT2D eigenvalue weighted by atomic mass is 9.80. The first-order valence-corrected chi connectivity index (χ1v) is 11.1. The van der Waals surface area contributed by atoms with Crippen LogP contribution in [0.4, 0.5) is 19.0 Å². The fraction of sp³-hybridized carbons (Fsp3) is 0.222. The zero-order valence-corrected chi connectivity index (χ0v) is 19.3. The Bertz CT molecular complexity index is 1190. The van der Waals surface area contributed by atoms with Gasteiger partial charge in [-0.1, -0.05) is 48.5 Å². The van der Waals surface area contributed by atoms with Gasteiger partial charge in [0, 0.05) is 25.0 Å². The van der Waals surface area contributed by atoms with Gasteiger partial charge in [0.05, 0.1) is 11.9 Å². The molecule has 0 bridgehead atoms. The molecular weight excluding hydrogens is 453 g/mol. The summed E-state index contributed by atoms with van der Waals surface area (Å²) in [7, 11) is 0. The van der Waals surface area contributed by atoms with Gasteiger partial charge >= 0.3 is 6.11 Å². The van der Waals surface area contributed by atoms with Gasteiger partial charge in [-0.2, -0.15) is 8.78 Å². The van der Waals surface area contributed by atoms with Crippen molar-refractivity contribution in [3.63, 3.8) is 0 Å². The molecule has 35 heavy (non-hydrogen) atoms. The second-order valence-corrected chi connectivity index (χ2v) is 8.31. The molecule has 8 heteroatoms. The fourth-order valence-corrected chi connectivity index (χ4v) is 3.79. The fourth-order valence-electron chi connectivity index (χ4n) is 3.79. The van der Waals surface area contributed by atoms with Crippen LogP contribution < -0.4 is 10.1 Å². The van der Waals surface area contributed by atoms with Crippen LogP contribution in [-0.2, 0) is 12.0 Å². The number of hydrogen-bond donors (Lipinski definition) is 1. The Labute approximate surface area is 202 Å². The Kier molecular flexibility index (Phi) is 7.00. The van der Waals surface area contributed by atoms with Crippen LogP contribution in [0.1, 0.15) is 29.3 Å². The van der Waals surface area contributed by atoms with Gasteiger partial charge in [0.15, 0.2) is 0 Å². The number of rotatable bonds is 9. The van der Waals surface area contributed by atoms with Crippen LogP contribution in [0.5, 0.6) is 5.75 Å². The van der Waals surface area contributed by atoms with Crippen molar-refractivity contribution in [3.8, 4) is 5.75 Å². The van der Waals surface area contributed by atoms with Crippen molar-refractivity contribution in [2.24, 2.45) is 0 Å². The third-order valence-electron chi connectivity index (χ3n) is 5.61. The number of benzene rings is 2. The summed E-state index contributed by atoms with van der Waals surface area (Å²) in [6.07, 6.45) is 0.390. The first-order chi connectivity index (χ1) is 16.8. The van der Waals surface area contributed by atoms with E-state index < -0.39 is 17.8 Å². The van der Waals surface area contributed by atoms with Crippen LogP contribution in [0.3, 0.4) is 0 Å². The van der Waals surface area contributed by atoms with E-state index in [1.165, 1.54) is 12.1 Å². The average Bonchev–Trinajstić information content (AvgIpc) is 2.85. The third-order valence-corrected chi connectivity index (χ3v) is 5.61. The van der Waals surface area contributed by atoms with E-state index in [9.17, 15) is 13.2 Å². The van der Waals surface area contributed by atoms with Crippen molar-refractivity contribution in [3.05, 3.63) is 114 Å². The topological polar surface area (TPSA) is 59.9 Å². The van der Waals surface area contributed by atoms with Gasteiger partial charge in [0.2, 0.25) is 6.17 Å². The number of halogens is 3. The molecule has 1 unspecified atom stereocenters. The Morgan fingerprint density at radius 2 is 1.74 bits per heavy atom. The highest BCUT2D eigenvalue weighted by Gasteiger charge is 2.41. The van der Waals surface area contributed by atoms with Gasteiger partial charge in [-0.05, 0) is 48.7 Å². The molecule has 0 saturated carbocycles. The van der Waals surface area contributed by atoms with Gasteiger partial charge < -0.3 is 10.1 Å². The molecule has 2 atom stereocenters. The SMILES string of the molecule is Cc1ccc([C@@](Cc2ccccc2)(Nc2cnccn2)c2cccc(OC(F)(F)C(C)F)c2)nc1. The van der Waals surface area contributed by atoms with E-state index in [0.29, 0.717) is 23.5 Å². The van der Waals surface area contributed by atoms with Crippen molar-refractivity contribution < 1.29 is 17.9 Å². The van der Waals surface area contributed by atoms with E-state index in [1.807, 2.05) is 49.4 Å². The van der Waals surface area contributed by atoms with Crippen LogP contribution in [0.15, 0.2) is 91.5 Å². The number of hydrogen-bond acceptors (Lipinski definition) is 5. The molecule has 0 amide bonds. The number of nitrogens with zero attached hydrogens (tertiary/aromatic N) is 3. The molecule has 1 N–H and O–H groups in total. The normalized spacial score (nSPS) is 14.1. The summed E-state index contributed by atoms with van der Waals surface area (Å²) >= 11 is 0. The first-order valence-electron chi connectivity index (χ1n) is 11.1. The number of aryl methyl sites for hydroxylation is 1. The minimum absolute atomic E-state index is 0.164. The van der Waals surface area contributed by atoms with E-state index in [-0.39, 0.29) is 5.75 Å². The summed E-state index contributed by atoms with van der Waals surface area (Å²) in [5, 5.41) is 3.45. The van der Waals surface area contributed by atoms with Crippen molar-refractivity contribution in [2.75, 3.05) is 5.32 Å². The standard InChI is InChI=1S/C27H25F3N4O/c1-19-11-12-24(33-17-19)26(16-21-7-4-3-5-8-21,34-25-18-31-13-14-32-25)22-9-6-10-23(15-22)35-27(29,30)20(2)28/h3-15,17-18,20H,16H2,1-2H3,(H,32,34)/t20?,26-/m0/s1. The molecule has 2 aromatic carbocycles. The molecule has 0 radical (unpaired) electrons. The van der Waals surface area contributed by atoms with Crippen LogP contribution in [0.25, 0.3) is 0 Å². The maximum atomic E-state index is 14.1. The Balaban J connectivity index is 1.90. The van der Waals surface area contributed by atoms with Gasteiger partial charge in [0.25, 0.3) is 0 Å². The second-order valence-electron chi connectivity index (χ2n) is 8.31. The van der Waals surface area contributed by atoms with Crippen molar-refractivity contribution in [1.82, 2.24) is 15.0 Å². The largest absolute Gasteiger partial charge is 0.430 e. The minimum Gasteiger partial charge on any atom is -0.430 e. The number of ether oxygens (including phenoxy) is 1. The lowest BCUT2D eigenvalue weighted by Gasteiger charge is -2.36. The molecule has 0 aliphatic heterocycles. The van der Waals surface area contributed by atoms with Crippen LogP contribution in [0.2, 0.25) is 0 Å². The highest BCUT2D eigenvalue weighted by Crippen LogP contribution is 2.38. The third kappa shape index (κ3) is 5.59. The summed E-state index contributed by atoms with van der Waals surface area (Å²) in [5.41, 5.74) is 2.13. The summed E-state index contributed by atoms with van der Waals surface area (Å²) in [5.74, 6) is 0.308. The summed E-state index contributed by atoms with van der Waals surface area (Å²) in [6, 6.07) is 19.8. The summed E-state index contributed by atoms with van der Waals surface area (Å²) in [4.78, 5) is 13.2. The maximum Gasteiger partial charge on any atom is 0.429 e. The molecule has 0 aliphatic carbocycles. The number of pyridine rings is 1. The minimum atomic E-state index is -3.97. The monoisotopic (exact) mass is 478 g/mol. The van der Waals surface area contributed by atoms with Gasteiger partial charge in [-0.15, -0.1) is 0 Å². The van der Waals surface area contributed by atoms with Crippen molar-refractivity contribution in [2.45, 2.75) is 38.1 Å². The number of alkyl halides is 3.